The van der Waals surface area contributed by atoms with E-state index in [2.05, 4.69) is 10.3 Å². The van der Waals surface area contributed by atoms with E-state index in [1.54, 1.807) is 26.2 Å². The first-order valence-corrected chi connectivity index (χ1v) is 6.62. The molecule has 1 unspecified atom stereocenters. The Hall–Kier alpha value is -2.56. The van der Waals surface area contributed by atoms with E-state index in [1.807, 2.05) is 31.2 Å². The Bertz CT molecular complexity index is 656. The van der Waals surface area contributed by atoms with Crippen molar-refractivity contribution in [1.29, 1.82) is 0 Å². The van der Waals surface area contributed by atoms with Crippen LogP contribution in [0.4, 0.5) is 5.82 Å². The van der Waals surface area contributed by atoms with E-state index in [0.29, 0.717) is 11.5 Å². The van der Waals surface area contributed by atoms with Crippen LogP contribution < -0.4 is 10.1 Å². The number of carbonyl (C=O) groups is 1. The molecule has 1 heterocycles. The third kappa shape index (κ3) is 3.51. The van der Waals surface area contributed by atoms with Gasteiger partial charge in [-0.2, -0.15) is 0 Å². The maximum absolute atomic E-state index is 11.0. The number of ether oxygens (including phenoxy) is 1. The fourth-order valence-electron chi connectivity index (χ4n) is 2.08. The van der Waals surface area contributed by atoms with Crippen LogP contribution in [0.5, 0.6) is 5.75 Å². The number of pyridine rings is 1. The van der Waals surface area contributed by atoms with Gasteiger partial charge in [-0.15, -0.1) is 0 Å². The smallest absolute Gasteiger partial charge is 0.337 e. The second-order valence-corrected chi connectivity index (χ2v) is 4.78. The van der Waals surface area contributed by atoms with Gasteiger partial charge in [-0.1, -0.05) is 12.1 Å². The lowest BCUT2D eigenvalue weighted by atomic mass is 10.1. The predicted octanol–water partition coefficient (Wildman–Crippen LogP) is 3.27. The van der Waals surface area contributed by atoms with Crippen molar-refractivity contribution >= 4 is 11.8 Å². The van der Waals surface area contributed by atoms with Crippen LogP contribution in [-0.4, -0.2) is 23.2 Å². The molecule has 5 nitrogen and oxygen atoms in total. The van der Waals surface area contributed by atoms with Gasteiger partial charge >= 0.3 is 5.97 Å². The van der Waals surface area contributed by atoms with Crippen molar-refractivity contribution < 1.29 is 14.6 Å². The van der Waals surface area contributed by atoms with Gasteiger partial charge in [0.2, 0.25) is 0 Å². The molecule has 2 rings (SSSR count). The summed E-state index contributed by atoms with van der Waals surface area (Å²) in [4.78, 5) is 15.3. The molecule has 1 atom stereocenters. The lowest BCUT2D eigenvalue weighted by Crippen LogP contribution is -2.10. The van der Waals surface area contributed by atoms with Gasteiger partial charge in [0, 0.05) is 0 Å². The van der Waals surface area contributed by atoms with Gasteiger partial charge in [0.15, 0.2) is 0 Å². The summed E-state index contributed by atoms with van der Waals surface area (Å²) in [6, 6.07) is 11.0. The van der Waals surface area contributed by atoms with Crippen molar-refractivity contribution in [2.75, 3.05) is 12.4 Å². The van der Waals surface area contributed by atoms with Gasteiger partial charge in [0.1, 0.15) is 11.6 Å². The van der Waals surface area contributed by atoms with Gasteiger partial charge in [-0.25, -0.2) is 9.78 Å². The molecule has 0 saturated carbocycles. The molecule has 0 radical (unpaired) electrons. The minimum atomic E-state index is -0.965. The summed E-state index contributed by atoms with van der Waals surface area (Å²) in [7, 11) is 1.63. The van der Waals surface area contributed by atoms with Crippen LogP contribution >= 0.6 is 0 Å². The minimum Gasteiger partial charge on any atom is -0.497 e. The maximum atomic E-state index is 11.0. The van der Waals surface area contributed by atoms with Crippen molar-refractivity contribution in [3.8, 4) is 5.75 Å². The zero-order valence-electron chi connectivity index (χ0n) is 12.3. The molecule has 2 N–H and O–H groups in total. The zero-order valence-corrected chi connectivity index (χ0v) is 12.3. The summed E-state index contributed by atoms with van der Waals surface area (Å²) >= 11 is 0. The molecule has 0 saturated heterocycles. The van der Waals surface area contributed by atoms with Gasteiger partial charge in [-0.05, 0) is 43.7 Å². The molecular weight excluding hydrogens is 268 g/mol. The summed E-state index contributed by atoms with van der Waals surface area (Å²) in [5.41, 5.74) is 1.77. The normalized spacial score (nSPS) is 11.8. The topological polar surface area (TPSA) is 71.5 Å². The summed E-state index contributed by atoms with van der Waals surface area (Å²) < 4.78 is 5.21. The highest BCUT2D eigenvalue weighted by molar-refractivity contribution is 5.89. The van der Waals surface area contributed by atoms with Crippen molar-refractivity contribution in [2.45, 2.75) is 19.9 Å². The Morgan fingerprint density at radius 3 is 2.71 bits per heavy atom. The Kier molecular flexibility index (Phi) is 4.42. The number of nitrogens with zero attached hydrogens (tertiary/aromatic N) is 1. The fourth-order valence-corrected chi connectivity index (χ4v) is 2.08. The van der Waals surface area contributed by atoms with Crippen molar-refractivity contribution in [3.63, 3.8) is 0 Å². The Balaban J connectivity index is 2.17. The second kappa shape index (κ2) is 6.26. The maximum Gasteiger partial charge on any atom is 0.337 e. The number of nitrogens with one attached hydrogen (secondary N) is 1. The Morgan fingerprint density at radius 1 is 1.33 bits per heavy atom. The minimum absolute atomic E-state index is 0.0303. The predicted molar refractivity (Wildman–Crippen MR) is 81.0 cm³/mol. The molecule has 1 aromatic carbocycles. The summed E-state index contributed by atoms with van der Waals surface area (Å²) in [5.74, 6) is 0.478. The largest absolute Gasteiger partial charge is 0.497 e. The van der Waals surface area contributed by atoms with E-state index >= 15 is 0 Å². The van der Waals surface area contributed by atoms with Crippen molar-refractivity contribution in [3.05, 3.63) is 53.2 Å². The molecule has 0 fully saturated rings. The number of hydrogen-bond donors (Lipinski definition) is 2. The van der Waals surface area contributed by atoms with Gasteiger partial charge in [-0.3, -0.25) is 0 Å². The van der Waals surface area contributed by atoms with Gasteiger partial charge in [0.25, 0.3) is 0 Å². The molecule has 0 spiro atoms. The van der Waals surface area contributed by atoms with Crippen molar-refractivity contribution in [1.82, 2.24) is 4.98 Å². The Labute approximate surface area is 123 Å². The van der Waals surface area contributed by atoms with E-state index in [4.69, 9.17) is 9.84 Å². The molecular formula is C16H18N2O3. The SMILES string of the molecule is COc1cccc(C(C)Nc2ccc(C(=O)O)c(C)n2)c1. The first-order valence-electron chi connectivity index (χ1n) is 6.62. The molecule has 0 bridgehead atoms. The number of aromatic nitrogens is 1. The molecule has 0 aliphatic rings. The van der Waals surface area contributed by atoms with Crippen LogP contribution in [0.1, 0.15) is 34.6 Å². The van der Waals surface area contributed by atoms with Crippen LogP contribution in [0.2, 0.25) is 0 Å². The van der Waals surface area contributed by atoms with Gasteiger partial charge in [0.05, 0.1) is 24.4 Å². The molecule has 1 aromatic heterocycles. The average molecular weight is 286 g/mol. The van der Waals surface area contributed by atoms with Crippen LogP contribution in [0.25, 0.3) is 0 Å². The third-order valence-corrected chi connectivity index (χ3v) is 3.27. The number of carboxylic acids is 1. The van der Waals surface area contributed by atoms with E-state index in [-0.39, 0.29) is 11.6 Å². The molecule has 5 heteroatoms. The number of aryl methyl sites for hydroxylation is 1. The van der Waals surface area contributed by atoms with Gasteiger partial charge < -0.3 is 15.2 Å². The number of hydrogen-bond acceptors (Lipinski definition) is 4. The zero-order chi connectivity index (χ0) is 15.4. The quantitative estimate of drug-likeness (QED) is 0.882. The number of benzene rings is 1. The Morgan fingerprint density at radius 2 is 2.10 bits per heavy atom. The number of methoxy groups -OCH3 is 1. The first-order chi connectivity index (χ1) is 10.0. The molecule has 0 amide bonds. The molecule has 0 aliphatic carbocycles. The third-order valence-electron chi connectivity index (χ3n) is 3.27. The van der Waals surface area contributed by atoms with Crippen LogP contribution in [0, 0.1) is 6.92 Å². The monoisotopic (exact) mass is 286 g/mol. The number of carboxylic acid groups (broad SMARTS) is 1. The highest BCUT2D eigenvalue weighted by Gasteiger charge is 2.11. The van der Waals surface area contributed by atoms with E-state index in [9.17, 15) is 4.79 Å². The molecule has 21 heavy (non-hydrogen) atoms. The van der Waals surface area contributed by atoms with E-state index in [1.165, 1.54) is 0 Å². The highest BCUT2D eigenvalue weighted by Crippen LogP contribution is 2.22. The van der Waals surface area contributed by atoms with Crippen molar-refractivity contribution in [2.24, 2.45) is 0 Å². The van der Waals surface area contributed by atoms with Crippen LogP contribution in [-0.2, 0) is 0 Å². The fraction of sp³-hybridized carbons (Fsp3) is 0.250. The molecule has 110 valence electrons. The first kappa shape index (κ1) is 14.8. The number of aromatic carboxylic acids is 1. The summed E-state index contributed by atoms with van der Waals surface area (Å²) in [6.45, 7) is 3.70. The summed E-state index contributed by atoms with van der Waals surface area (Å²) in [5, 5.41) is 12.3. The van der Waals surface area contributed by atoms with E-state index < -0.39 is 5.97 Å². The molecule has 0 aliphatic heterocycles. The standard InChI is InChI=1S/C16H18N2O3/c1-10(12-5-4-6-13(9-12)21-3)17-15-8-7-14(16(19)20)11(2)18-15/h4-10H,1-3H3,(H,17,18)(H,19,20). The highest BCUT2D eigenvalue weighted by atomic mass is 16.5. The number of anilines is 1. The second-order valence-electron chi connectivity index (χ2n) is 4.78. The van der Waals surface area contributed by atoms with Crippen LogP contribution in [0.3, 0.4) is 0 Å². The lowest BCUT2D eigenvalue weighted by Gasteiger charge is -2.16. The summed E-state index contributed by atoms with van der Waals surface area (Å²) in [6.07, 6.45) is 0. The van der Waals surface area contributed by atoms with Crippen LogP contribution in [0.15, 0.2) is 36.4 Å². The lowest BCUT2D eigenvalue weighted by molar-refractivity contribution is 0.0695. The molecule has 2 aromatic rings. The number of rotatable bonds is 5. The average Bonchev–Trinajstić information content (AvgIpc) is 2.47. The van der Waals surface area contributed by atoms with E-state index in [0.717, 1.165) is 11.3 Å².